The molecule has 0 aromatic heterocycles. The van der Waals surface area contributed by atoms with Gasteiger partial charge in [-0.3, -0.25) is 0 Å². The maximum atomic E-state index is 14.7. The van der Waals surface area contributed by atoms with Crippen LogP contribution in [0.3, 0.4) is 0 Å². The average Bonchev–Trinajstić information content (AvgIpc) is 2.63. The van der Waals surface area contributed by atoms with Gasteiger partial charge in [0.1, 0.15) is 5.82 Å². The number of aryl methyl sites for hydroxylation is 1. The molecule has 26 heavy (non-hydrogen) atoms. The summed E-state index contributed by atoms with van der Waals surface area (Å²) in [5.41, 5.74) is 3.92. The van der Waals surface area contributed by atoms with Crippen molar-refractivity contribution in [3.63, 3.8) is 0 Å². The van der Waals surface area contributed by atoms with Gasteiger partial charge in [0.2, 0.25) is 0 Å². The average molecular weight is 348 g/mol. The van der Waals surface area contributed by atoms with Gasteiger partial charge in [0, 0.05) is 5.56 Å². The molecule has 0 spiro atoms. The zero-order valence-corrected chi connectivity index (χ0v) is 14.1. The summed E-state index contributed by atoms with van der Waals surface area (Å²) in [5.74, 6) is -2.16. The van der Waals surface area contributed by atoms with E-state index in [2.05, 4.69) is 0 Å². The van der Waals surface area contributed by atoms with Crippen molar-refractivity contribution in [2.24, 2.45) is 0 Å². The van der Waals surface area contributed by atoms with Gasteiger partial charge < -0.3 is 0 Å². The monoisotopic (exact) mass is 348 g/mol. The molecule has 0 unspecified atom stereocenters. The van der Waals surface area contributed by atoms with E-state index in [1.165, 1.54) is 6.07 Å². The van der Waals surface area contributed by atoms with Crippen LogP contribution in [0, 0.1) is 24.4 Å². The summed E-state index contributed by atoms with van der Waals surface area (Å²) >= 11 is 0. The molecule has 0 amide bonds. The van der Waals surface area contributed by atoms with E-state index < -0.39 is 11.6 Å². The summed E-state index contributed by atoms with van der Waals surface area (Å²) in [4.78, 5) is 0. The van der Waals surface area contributed by atoms with Crippen molar-refractivity contribution in [3.05, 3.63) is 95.8 Å². The predicted octanol–water partition coefficient (Wildman–Crippen LogP) is 6.90. The second-order valence-electron chi connectivity index (χ2n) is 6.39. The molecule has 0 heterocycles. The molecule has 0 bridgehead atoms. The van der Waals surface area contributed by atoms with Gasteiger partial charge in [0.25, 0.3) is 0 Å². The van der Waals surface area contributed by atoms with Gasteiger partial charge in [0.15, 0.2) is 11.6 Å². The van der Waals surface area contributed by atoms with E-state index in [4.69, 9.17) is 0 Å². The second kappa shape index (κ2) is 6.34. The molecule has 0 nitrogen and oxygen atoms in total. The largest absolute Gasteiger partial charge is 0.206 e. The van der Waals surface area contributed by atoms with E-state index in [1.807, 2.05) is 37.3 Å². The Morgan fingerprint density at radius 3 is 1.81 bits per heavy atom. The zero-order chi connectivity index (χ0) is 18.3. The van der Waals surface area contributed by atoms with Gasteiger partial charge in [-0.05, 0) is 58.7 Å². The van der Waals surface area contributed by atoms with Gasteiger partial charge in [-0.15, -0.1) is 0 Å². The first-order chi connectivity index (χ1) is 12.5. The van der Waals surface area contributed by atoms with E-state index in [1.54, 1.807) is 24.3 Å². The van der Waals surface area contributed by atoms with Crippen LogP contribution in [0.2, 0.25) is 0 Å². The summed E-state index contributed by atoms with van der Waals surface area (Å²) in [6.07, 6.45) is 0. The molecule has 0 saturated heterocycles. The first kappa shape index (κ1) is 16.4. The van der Waals surface area contributed by atoms with Crippen LogP contribution < -0.4 is 0 Å². The molecular weight excluding hydrogens is 333 g/mol. The molecule has 4 rings (SSSR count). The van der Waals surface area contributed by atoms with Crippen molar-refractivity contribution in [1.29, 1.82) is 0 Å². The van der Waals surface area contributed by atoms with Crippen LogP contribution in [0.15, 0.2) is 72.8 Å². The maximum absolute atomic E-state index is 14.7. The standard InChI is InChI=1S/C23H15F3/c1-14-2-4-15(5-3-14)16-8-9-20(21(24)11-16)18-7-6-17-12-22(25)23(26)13-19(17)10-18/h2-13H,1H3. The molecule has 0 atom stereocenters. The highest BCUT2D eigenvalue weighted by molar-refractivity contribution is 5.88. The lowest BCUT2D eigenvalue weighted by atomic mass is 9.97. The smallest absolute Gasteiger partial charge is 0.159 e. The van der Waals surface area contributed by atoms with Crippen LogP contribution in [0.5, 0.6) is 0 Å². The summed E-state index contributed by atoms with van der Waals surface area (Å²) in [6, 6.07) is 20.3. The van der Waals surface area contributed by atoms with Crippen molar-refractivity contribution in [2.75, 3.05) is 0 Å². The van der Waals surface area contributed by atoms with Gasteiger partial charge >= 0.3 is 0 Å². The third-order valence-electron chi connectivity index (χ3n) is 4.54. The normalized spacial score (nSPS) is 11.1. The first-order valence-corrected chi connectivity index (χ1v) is 8.27. The molecule has 0 aliphatic carbocycles. The predicted molar refractivity (Wildman–Crippen MR) is 99.4 cm³/mol. The summed E-state index contributed by atoms with van der Waals surface area (Å²) < 4.78 is 41.5. The third-order valence-corrected chi connectivity index (χ3v) is 4.54. The second-order valence-corrected chi connectivity index (χ2v) is 6.39. The van der Waals surface area contributed by atoms with E-state index >= 15 is 0 Å². The van der Waals surface area contributed by atoms with Gasteiger partial charge in [-0.25, -0.2) is 13.2 Å². The molecule has 0 fully saturated rings. The highest BCUT2D eigenvalue weighted by Gasteiger charge is 2.10. The SMILES string of the molecule is Cc1ccc(-c2ccc(-c3ccc4cc(F)c(F)cc4c3)c(F)c2)cc1. The Balaban J connectivity index is 1.77. The molecule has 0 aliphatic heterocycles. The van der Waals surface area contributed by atoms with Crippen LogP contribution in [0.25, 0.3) is 33.0 Å². The lowest BCUT2D eigenvalue weighted by molar-refractivity contribution is 0.511. The molecular formula is C23H15F3. The Morgan fingerprint density at radius 1 is 0.500 bits per heavy atom. The molecule has 0 N–H and O–H groups in total. The minimum atomic E-state index is -0.912. The Kier molecular flexibility index (Phi) is 4.00. The number of hydrogen-bond donors (Lipinski definition) is 0. The molecule has 4 aromatic rings. The van der Waals surface area contributed by atoms with Crippen molar-refractivity contribution >= 4 is 10.8 Å². The fourth-order valence-corrected chi connectivity index (χ4v) is 3.08. The Labute approximate surface area is 149 Å². The van der Waals surface area contributed by atoms with Crippen molar-refractivity contribution in [2.45, 2.75) is 6.92 Å². The van der Waals surface area contributed by atoms with Crippen molar-refractivity contribution in [1.82, 2.24) is 0 Å². The summed E-state index contributed by atoms with van der Waals surface area (Å²) in [6.45, 7) is 2.00. The van der Waals surface area contributed by atoms with E-state index in [0.717, 1.165) is 28.8 Å². The zero-order valence-electron chi connectivity index (χ0n) is 14.1. The van der Waals surface area contributed by atoms with E-state index in [0.29, 0.717) is 21.9 Å². The van der Waals surface area contributed by atoms with E-state index in [9.17, 15) is 13.2 Å². The van der Waals surface area contributed by atoms with Gasteiger partial charge in [-0.2, -0.15) is 0 Å². The van der Waals surface area contributed by atoms with Crippen LogP contribution in [-0.2, 0) is 0 Å². The molecule has 3 heteroatoms. The lowest BCUT2D eigenvalue weighted by Gasteiger charge is -2.09. The molecule has 4 aromatic carbocycles. The summed E-state index contributed by atoms with van der Waals surface area (Å²) in [7, 11) is 0. The number of fused-ring (bicyclic) bond motifs is 1. The minimum Gasteiger partial charge on any atom is -0.206 e. The summed E-state index contributed by atoms with van der Waals surface area (Å²) in [5, 5.41) is 1.10. The molecule has 128 valence electrons. The Bertz CT molecular complexity index is 1110. The molecule has 0 radical (unpaired) electrons. The quantitative estimate of drug-likeness (QED) is 0.370. The van der Waals surface area contributed by atoms with Crippen LogP contribution in [-0.4, -0.2) is 0 Å². The van der Waals surface area contributed by atoms with E-state index in [-0.39, 0.29) is 5.82 Å². The fourth-order valence-electron chi connectivity index (χ4n) is 3.08. The topological polar surface area (TPSA) is 0 Å². The number of halogens is 3. The van der Waals surface area contributed by atoms with Crippen molar-refractivity contribution in [3.8, 4) is 22.3 Å². The van der Waals surface area contributed by atoms with Crippen LogP contribution >= 0.6 is 0 Å². The van der Waals surface area contributed by atoms with Gasteiger partial charge in [-0.1, -0.05) is 54.1 Å². The van der Waals surface area contributed by atoms with Gasteiger partial charge in [0.05, 0.1) is 0 Å². The number of benzene rings is 4. The first-order valence-electron chi connectivity index (χ1n) is 8.27. The molecule has 0 aliphatic rings. The Morgan fingerprint density at radius 2 is 1.12 bits per heavy atom. The highest BCUT2D eigenvalue weighted by atomic mass is 19.2. The number of rotatable bonds is 2. The number of hydrogen-bond acceptors (Lipinski definition) is 0. The molecule has 0 saturated carbocycles. The maximum Gasteiger partial charge on any atom is 0.159 e. The van der Waals surface area contributed by atoms with Crippen molar-refractivity contribution < 1.29 is 13.2 Å². The van der Waals surface area contributed by atoms with Crippen LogP contribution in [0.1, 0.15) is 5.56 Å². The minimum absolute atomic E-state index is 0.356. The highest BCUT2D eigenvalue weighted by Crippen LogP contribution is 2.30. The Hall–Kier alpha value is -3.07. The van der Waals surface area contributed by atoms with Crippen LogP contribution in [0.4, 0.5) is 13.2 Å². The fraction of sp³-hybridized carbons (Fsp3) is 0.0435. The third kappa shape index (κ3) is 2.97. The lowest BCUT2D eigenvalue weighted by Crippen LogP contribution is -1.89.